The lowest BCUT2D eigenvalue weighted by Crippen LogP contribution is -2.00. The van der Waals surface area contributed by atoms with E-state index >= 15 is 0 Å². The summed E-state index contributed by atoms with van der Waals surface area (Å²) in [5.74, 6) is 0.411. The molecule has 1 aliphatic rings. The maximum atomic E-state index is 4.36. The molecule has 176 valence electrons. The van der Waals surface area contributed by atoms with Crippen LogP contribution >= 0.6 is 0 Å². The number of nitrogens with zero attached hydrogens (tertiary/aromatic N) is 3. The SMILES string of the molecule is CC1c2ccccc2-c2ccc(-c3ccc(-n4c(-c5cccnc5)ccc4-c4cccnc4)cc3)cc21. The normalized spacial score (nSPS) is 13.8. The molecule has 0 N–H and O–H groups in total. The molecule has 3 heterocycles. The van der Waals surface area contributed by atoms with Crippen LogP contribution in [0.5, 0.6) is 0 Å². The number of pyridine rings is 2. The minimum atomic E-state index is 0.411. The quantitative estimate of drug-likeness (QED) is 0.256. The van der Waals surface area contributed by atoms with E-state index in [1.54, 1.807) is 0 Å². The largest absolute Gasteiger partial charge is 0.309 e. The highest BCUT2D eigenvalue weighted by atomic mass is 15.0. The molecule has 3 heteroatoms. The molecule has 1 aliphatic carbocycles. The van der Waals surface area contributed by atoms with Gasteiger partial charge in [0, 0.05) is 47.5 Å². The molecule has 7 rings (SSSR count). The Bertz CT molecular complexity index is 1660. The Morgan fingerprint density at radius 3 is 1.81 bits per heavy atom. The van der Waals surface area contributed by atoms with Gasteiger partial charge >= 0.3 is 0 Å². The van der Waals surface area contributed by atoms with Gasteiger partial charge in [-0.05, 0) is 88.0 Å². The van der Waals surface area contributed by atoms with Crippen LogP contribution in [-0.2, 0) is 0 Å². The summed E-state index contributed by atoms with van der Waals surface area (Å²) in [6.45, 7) is 2.31. The van der Waals surface area contributed by atoms with Crippen molar-refractivity contribution in [3.63, 3.8) is 0 Å². The van der Waals surface area contributed by atoms with E-state index in [-0.39, 0.29) is 0 Å². The van der Waals surface area contributed by atoms with E-state index in [1.165, 1.54) is 33.4 Å². The van der Waals surface area contributed by atoms with Gasteiger partial charge in [-0.25, -0.2) is 0 Å². The van der Waals surface area contributed by atoms with Gasteiger partial charge in [0.2, 0.25) is 0 Å². The molecule has 1 atom stereocenters. The number of benzene rings is 3. The number of hydrogen-bond donors (Lipinski definition) is 0. The lowest BCUT2D eigenvalue weighted by Gasteiger charge is -2.15. The van der Waals surface area contributed by atoms with Crippen LogP contribution in [0, 0.1) is 0 Å². The zero-order chi connectivity index (χ0) is 24.8. The Morgan fingerprint density at radius 1 is 0.541 bits per heavy atom. The number of aromatic nitrogens is 3. The summed E-state index contributed by atoms with van der Waals surface area (Å²) in [5, 5.41) is 0. The molecule has 0 spiro atoms. The molecule has 0 bridgehead atoms. The standard InChI is InChI=1S/C34H25N3/c1-23-29-8-2-3-9-30(29)31-15-12-25(20-32(23)31)24-10-13-28(14-11-24)37-33(26-6-4-18-35-21-26)16-17-34(37)27-7-5-19-36-22-27/h2-23H,1H3. The lowest BCUT2D eigenvalue weighted by molar-refractivity contribution is 0.957. The van der Waals surface area contributed by atoms with E-state index in [0.717, 1.165) is 28.2 Å². The smallest absolute Gasteiger partial charge is 0.0550 e. The summed E-state index contributed by atoms with van der Waals surface area (Å²) in [6.07, 6.45) is 7.45. The molecule has 37 heavy (non-hydrogen) atoms. The molecule has 0 aliphatic heterocycles. The van der Waals surface area contributed by atoms with Crippen molar-refractivity contribution in [2.75, 3.05) is 0 Å². The Kier molecular flexibility index (Phi) is 5.07. The molecule has 0 fully saturated rings. The van der Waals surface area contributed by atoms with Gasteiger partial charge in [0.25, 0.3) is 0 Å². The van der Waals surface area contributed by atoms with Gasteiger partial charge in [-0.15, -0.1) is 0 Å². The fourth-order valence-corrected chi connectivity index (χ4v) is 5.63. The topological polar surface area (TPSA) is 30.7 Å². The van der Waals surface area contributed by atoms with Crippen molar-refractivity contribution in [3.05, 3.63) is 139 Å². The molecule has 6 aromatic rings. The molecule has 1 unspecified atom stereocenters. The molecule has 3 nitrogen and oxygen atoms in total. The molecular formula is C34H25N3. The fraction of sp³-hybridized carbons (Fsp3) is 0.0588. The first-order valence-corrected chi connectivity index (χ1v) is 12.6. The summed E-state index contributed by atoms with van der Waals surface area (Å²) < 4.78 is 2.29. The van der Waals surface area contributed by atoms with Gasteiger partial charge in [-0.2, -0.15) is 0 Å². The lowest BCUT2D eigenvalue weighted by atomic mass is 9.95. The van der Waals surface area contributed by atoms with E-state index in [0.29, 0.717) is 5.92 Å². The summed E-state index contributed by atoms with van der Waals surface area (Å²) >= 11 is 0. The van der Waals surface area contributed by atoms with E-state index < -0.39 is 0 Å². The first-order valence-electron chi connectivity index (χ1n) is 12.6. The maximum absolute atomic E-state index is 4.36. The molecule has 3 aromatic heterocycles. The first kappa shape index (κ1) is 21.5. The molecule has 0 saturated carbocycles. The van der Waals surface area contributed by atoms with Gasteiger partial charge in [-0.3, -0.25) is 9.97 Å². The molecule has 3 aromatic carbocycles. The number of fused-ring (bicyclic) bond motifs is 3. The van der Waals surface area contributed by atoms with Gasteiger partial charge in [0.1, 0.15) is 0 Å². The third-order valence-electron chi connectivity index (χ3n) is 7.49. The average molecular weight is 476 g/mol. The fourth-order valence-electron chi connectivity index (χ4n) is 5.63. The Hall–Kier alpha value is -4.76. The minimum Gasteiger partial charge on any atom is -0.309 e. The zero-order valence-corrected chi connectivity index (χ0v) is 20.5. The number of rotatable bonds is 4. The average Bonchev–Trinajstić information content (AvgIpc) is 3.54. The van der Waals surface area contributed by atoms with Crippen molar-refractivity contribution in [2.45, 2.75) is 12.8 Å². The van der Waals surface area contributed by atoms with Crippen molar-refractivity contribution in [1.82, 2.24) is 14.5 Å². The van der Waals surface area contributed by atoms with Crippen LogP contribution in [0.15, 0.2) is 128 Å². The summed E-state index contributed by atoms with van der Waals surface area (Å²) in [7, 11) is 0. The van der Waals surface area contributed by atoms with E-state index in [9.17, 15) is 0 Å². The van der Waals surface area contributed by atoms with Crippen molar-refractivity contribution < 1.29 is 0 Å². The van der Waals surface area contributed by atoms with Crippen molar-refractivity contribution in [2.24, 2.45) is 0 Å². The van der Waals surface area contributed by atoms with Gasteiger partial charge in [-0.1, -0.05) is 55.5 Å². The van der Waals surface area contributed by atoms with E-state index in [1.807, 2.05) is 36.9 Å². The predicted octanol–water partition coefficient (Wildman–Crippen LogP) is 8.40. The van der Waals surface area contributed by atoms with Crippen molar-refractivity contribution in [3.8, 4) is 50.5 Å². The summed E-state index contributed by atoms with van der Waals surface area (Å²) in [6, 6.07) is 37.0. The predicted molar refractivity (Wildman–Crippen MR) is 151 cm³/mol. The highest BCUT2D eigenvalue weighted by Gasteiger charge is 2.25. The van der Waals surface area contributed by atoms with Crippen LogP contribution in [0.25, 0.3) is 50.5 Å². The van der Waals surface area contributed by atoms with Crippen LogP contribution in [-0.4, -0.2) is 14.5 Å². The van der Waals surface area contributed by atoms with Crippen LogP contribution in [0.1, 0.15) is 24.0 Å². The zero-order valence-electron chi connectivity index (χ0n) is 20.5. The van der Waals surface area contributed by atoms with E-state index in [2.05, 4.69) is 112 Å². The molecular weight excluding hydrogens is 450 g/mol. The Balaban J connectivity index is 1.30. The number of hydrogen-bond acceptors (Lipinski definition) is 2. The second kappa shape index (κ2) is 8.72. The summed E-state index contributed by atoms with van der Waals surface area (Å²) in [5.41, 5.74) is 13.5. The molecule has 0 saturated heterocycles. The van der Waals surface area contributed by atoms with Crippen molar-refractivity contribution in [1.29, 1.82) is 0 Å². The van der Waals surface area contributed by atoms with Gasteiger partial charge in [0.15, 0.2) is 0 Å². The van der Waals surface area contributed by atoms with Crippen LogP contribution in [0.4, 0.5) is 0 Å². The third kappa shape index (κ3) is 3.59. The molecule has 0 amide bonds. The van der Waals surface area contributed by atoms with Crippen LogP contribution in [0.3, 0.4) is 0 Å². The summed E-state index contributed by atoms with van der Waals surface area (Å²) in [4.78, 5) is 8.71. The van der Waals surface area contributed by atoms with Gasteiger partial charge in [0.05, 0.1) is 11.4 Å². The van der Waals surface area contributed by atoms with Gasteiger partial charge < -0.3 is 4.57 Å². The third-order valence-corrected chi connectivity index (χ3v) is 7.49. The molecule has 0 radical (unpaired) electrons. The first-order chi connectivity index (χ1) is 18.3. The van der Waals surface area contributed by atoms with Crippen molar-refractivity contribution >= 4 is 0 Å². The highest BCUT2D eigenvalue weighted by molar-refractivity contribution is 5.82. The Morgan fingerprint density at radius 2 is 1.16 bits per heavy atom. The second-order valence-electron chi connectivity index (χ2n) is 9.58. The van der Waals surface area contributed by atoms with Crippen LogP contribution < -0.4 is 0 Å². The highest BCUT2D eigenvalue weighted by Crippen LogP contribution is 2.45. The maximum Gasteiger partial charge on any atom is 0.0550 e. The van der Waals surface area contributed by atoms with E-state index in [4.69, 9.17) is 0 Å². The monoisotopic (exact) mass is 475 g/mol. The Labute approximate surface area is 216 Å². The second-order valence-corrected chi connectivity index (χ2v) is 9.58. The minimum absolute atomic E-state index is 0.411. The van der Waals surface area contributed by atoms with Crippen LogP contribution in [0.2, 0.25) is 0 Å².